The maximum absolute atomic E-state index is 12.0. The molecule has 2 fully saturated rings. The van der Waals surface area contributed by atoms with E-state index in [1.54, 1.807) is 11.2 Å². The van der Waals surface area contributed by atoms with E-state index in [2.05, 4.69) is 36.0 Å². The van der Waals surface area contributed by atoms with Crippen LogP contribution in [0.15, 0.2) is 12.4 Å². The number of carbonyl (C=O) groups is 1. The maximum atomic E-state index is 12.0. The zero-order valence-corrected chi connectivity index (χ0v) is 16.5. The fourth-order valence-corrected chi connectivity index (χ4v) is 4.08. The van der Waals surface area contributed by atoms with Gasteiger partial charge in [0.25, 0.3) is 0 Å². The van der Waals surface area contributed by atoms with Crippen LogP contribution < -0.4 is 14.7 Å². The van der Waals surface area contributed by atoms with Crippen molar-refractivity contribution in [3.05, 3.63) is 18.2 Å². The number of rotatable bonds is 4. The van der Waals surface area contributed by atoms with Crippen LogP contribution >= 0.6 is 11.5 Å². The maximum Gasteiger partial charge on any atom is 0.241 e. The Morgan fingerprint density at radius 3 is 2.33 bits per heavy atom. The van der Waals surface area contributed by atoms with Crippen molar-refractivity contribution in [2.45, 2.75) is 13.3 Å². The van der Waals surface area contributed by atoms with Gasteiger partial charge in [-0.15, -0.1) is 0 Å². The average Bonchev–Trinajstić information content (AvgIpc) is 3.20. The minimum atomic E-state index is 0.124. The fourth-order valence-electron chi connectivity index (χ4n) is 3.28. The largest absolute Gasteiger partial charge is 0.353 e. The minimum Gasteiger partial charge on any atom is -0.353 e. The highest BCUT2D eigenvalue weighted by Gasteiger charge is 2.24. The van der Waals surface area contributed by atoms with Crippen molar-refractivity contribution in [1.29, 1.82) is 0 Å². The summed E-state index contributed by atoms with van der Waals surface area (Å²) in [7, 11) is 1.84. The number of anilines is 3. The van der Waals surface area contributed by atoms with Gasteiger partial charge in [0.15, 0.2) is 0 Å². The topological polar surface area (TPSA) is 81.6 Å². The Morgan fingerprint density at radius 2 is 1.67 bits per heavy atom. The molecular weight excluding hydrogens is 364 g/mol. The van der Waals surface area contributed by atoms with Crippen LogP contribution in [-0.4, -0.2) is 83.0 Å². The van der Waals surface area contributed by atoms with Crippen molar-refractivity contribution in [2.24, 2.45) is 0 Å². The Morgan fingerprint density at radius 1 is 1.00 bits per heavy atom. The van der Waals surface area contributed by atoms with Crippen LogP contribution in [0.2, 0.25) is 0 Å². The summed E-state index contributed by atoms with van der Waals surface area (Å²) in [5, 5.41) is 1.01. The Labute approximate surface area is 162 Å². The Balaban J connectivity index is 1.40. The molecule has 2 saturated heterocycles. The first-order valence-corrected chi connectivity index (χ1v) is 10.0. The van der Waals surface area contributed by atoms with Crippen LogP contribution in [0.1, 0.15) is 12.7 Å². The molecule has 0 saturated carbocycles. The number of amides is 1. The molecule has 2 aliphatic rings. The van der Waals surface area contributed by atoms with E-state index in [1.807, 2.05) is 18.0 Å². The third kappa shape index (κ3) is 3.80. The standard InChI is InChI=1S/C17H24N8OS/c1-3-13-20-17(27-21-13)24-8-6-23(7-9-24)14-10-15(19-12-18-14)25-5-4-22(2)16(26)11-25/h10,12H,3-9,11H2,1-2H3. The van der Waals surface area contributed by atoms with Gasteiger partial charge in [0.2, 0.25) is 11.0 Å². The lowest BCUT2D eigenvalue weighted by molar-refractivity contribution is -0.129. The van der Waals surface area contributed by atoms with E-state index < -0.39 is 0 Å². The third-order valence-corrected chi connectivity index (χ3v) is 5.88. The highest BCUT2D eigenvalue weighted by molar-refractivity contribution is 7.09. The highest BCUT2D eigenvalue weighted by atomic mass is 32.1. The summed E-state index contributed by atoms with van der Waals surface area (Å²) in [5.74, 6) is 2.77. The van der Waals surface area contributed by atoms with Crippen molar-refractivity contribution in [3.63, 3.8) is 0 Å². The number of nitrogens with zero attached hydrogens (tertiary/aromatic N) is 8. The smallest absolute Gasteiger partial charge is 0.241 e. The summed E-state index contributed by atoms with van der Waals surface area (Å²) in [4.78, 5) is 33.7. The summed E-state index contributed by atoms with van der Waals surface area (Å²) in [6.45, 7) is 7.50. The van der Waals surface area contributed by atoms with E-state index in [0.29, 0.717) is 6.54 Å². The predicted octanol–water partition coefficient (Wildman–Crippen LogP) is 0.496. The molecule has 0 N–H and O–H groups in total. The van der Waals surface area contributed by atoms with Gasteiger partial charge in [0.05, 0.1) is 6.54 Å². The molecule has 0 aliphatic carbocycles. The number of likely N-dealkylation sites (N-methyl/N-ethyl adjacent to an activating group) is 1. The molecule has 0 aromatic carbocycles. The molecule has 0 radical (unpaired) electrons. The monoisotopic (exact) mass is 388 g/mol. The molecular formula is C17H24N8OS. The van der Waals surface area contributed by atoms with Gasteiger partial charge < -0.3 is 19.6 Å². The van der Waals surface area contributed by atoms with Crippen LogP contribution in [0.4, 0.5) is 16.8 Å². The van der Waals surface area contributed by atoms with E-state index in [-0.39, 0.29) is 5.91 Å². The average molecular weight is 389 g/mol. The second-order valence-corrected chi connectivity index (χ2v) is 7.52. The molecule has 0 spiro atoms. The van der Waals surface area contributed by atoms with Gasteiger partial charge in [-0.3, -0.25) is 4.79 Å². The molecule has 2 aromatic heterocycles. The van der Waals surface area contributed by atoms with Gasteiger partial charge in [-0.1, -0.05) is 6.92 Å². The van der Waals surface area contributed by atoms with Crippen molar-refractivity contribution in [3.8, 4) is 0 Å². The molecule has 0 atom stereocenters. The van der Waals surface area contributed by atoms with Gasteiger partial charge >= 0.3 is 0 Å². The second kappa shape index (κ2) is 7.63. The first kappa shape index (κ1) is 17.9. The molecule has 0 bridgehead atoms. The van der Waals surface area contributed by atoms with E-state index in [9.17, 15) is 4.79 Å². The second-order valence-electron chi connectivity index (χ2n) is 6.79. The summed E-state index contributed by atoms with van der Waals surface area (Å²) in [6, 6.07) is 1.99. The molecule has 144 valence electrons. The van der Waals surface area contributed by atoms with Crippen molar-refractivity contribution < 1.29 is 4.79 Å². The van der Waals surface area contributed by atoms with E-state index in [0.717, 1.165) is 68.3 Å². The molecule has 9 nitrogen and oxygen atoms in total. The summed E-state index contributed by atoms with van der Waals surface area (Å²) in [6.07, 6.45) is 2.47. The van der Waals surface area contributed by atoms with Gasteiger partial charge in [0, 0.05) is 70.3 Å². The molecule has 4 rings (SSSR count). The Bertz CT molecular complexity index is 804. The molecule has 27 heavy (non-hydrogen) atoms. The lowest BCUT2D eigenvalue weighted by Crippen LogP contribution is -2.49. The van der Waals surface area contributed by atoms with Crippen LogP contribution in [0.5, 0.6) is 0 Å². The number of hydrogen-bond donors (Lipinski definition) is 0. The highest BCUT2D eigenvalue weighted by Crippen LogP contribution is 2.23. The third-order valence-electron chi connectivity index (χ3n) is 5.07. The number of aromatic nitrogens is 4. The van der Waals surface area contributed by atoms with E-state index in [4.69, 9.17) is 0 Å². The van der Waals surface area contributed by atoms with Crippen molar-refractivity contribution in [1.82, 2.24) is 24.2 Å². The lowest BCUT2D eigenvalue weighted by atomic mass is 10.3. The van der Waals surface area contributed by atoms with Gasteiger partial charge in [0.1, 0.15) is 23.8 Å². The number of carbonyl (C=O) groups excluding carboxylic acids is 1. The van der Waals surface area contributed by atoms with Crippen LogP contribution in [-0.2, 0) is 11.2 Å². The minimum absolute atomic E-state index is 0.124. The number of hydrogen-bond acceptors (Lipinski definition) is 9. The quantitative estimate of drug-likeness (QED) is 0.749. The zero-order chi connectivity index (χ0) is 18.8. The zero-order valence-electron chi connectivity index (χ0n) is 15.7. The normalized spacial score (nSPS) is 18.4. The molecule has 4 heterocycles. The SMILES string of the molecule is CCc1nsc(N2CCN(c3cc(N4CCN(C)C(=O)C4)ncn3)CC2)n1. The van der Waals surface area contributed by atoms with E-state index >= 15 is 0 Å². The van der Waals surface area contributed by atoms with Crippen LogP contribution in [0, 0.1) is 0 Å². The molecule has 1 amide bonds. The Kier molecular flexibility index (Phi) is 5.06. The molecule has 2 aliphatic heterocycles. The van der Waals surface area contributed by atoms with Crippen molar-refractivity contribution >= 4 is 34.2 Å². The van der Waals surface area contributed by atoms with Gasteiger partial charge in [-0.25, -0.2) is 15.0 Å². The molecule has 10 heteroatoms. The summed E-state index contributed by atoms with van der Waals surface area (Å²) >= 11 is 1.48. The van der Waals surface area contributed by atoms with Crippen molar-refractivity contribution in [2.75, 3.05) is 67.6 Å². The fraction of sp³-hybridized carbons (Fsp3) is 0.588. The Hall–Kier alpha value is -2.49. The lowest BCUT2D eigenvalue weighted by Gasteiger charge is -2.36. The number of piperazine rings is 2. The van der Waals surface area contributed by atoms with E-state index in [1.165, 1.54) is 11.5 Å². The number of aryl methyl sites for hydroxylation is 1. The van der Waals surface area contributed by atoms with Crippen LogP contribution in [0.3, 0.4) is 0 Å². The first-order valence-electron chi connectivity index (χ1n) is 9.27. The predicted molar refractivity (Wildman–Crippen MR) is 106 cm³/mol. The summed E-state index contributed by atoms with van der Waals surface area (Å²) < 4.78 is 4.38. The first-order chi connectivity index (χ1) is 13.1. The summed E-state index contributed by atoms with van der Waals surface area (Å²) in [5.41, 5.74) is 0. The van der Waals surface area contributed by atoms with Gasteiger partial charge in [-0.2, -0.15) is 4.37 Å². The molecule has 2 aromatic rings. The molecule has 0 unspecified atom stereocenters. The van der Waals surface area contributed by atoms with Gasteiger partial charge in [-0.05, 0) is 0 Å². The van der Waals surface area contributed by atoms with Crippen LogP contribution in [0.25, 0.3) is 0 Å².